The summed E-state index contributed by atoms with van der Waals surface area (Å²) >= 11 is 0. The summed E-state index contributed by atoms with van der Waals surface area (Å²) in [5.41, 5.74) is 0.629. The van der Waals surface area contributed by atoms with E-state index in [0.29, 0.717) is 18.0 Å². The lowest BCUT2D eigenvalue weighted by molar-refractivity contribution is 0.317. The van der Waals surface area contributed by atoms with Crippen molar-refractivity contribution in [2.24, 2.45) is 0 Å². The minimum absolute atomic E-state index is 0.248. The molecule has 0 N–H and O–H groups in total. The normalized spacial score (nSPS) is 11.1. The Labute approximate surface area is 126 Å². The van der Waals surface area contributed by atoms with Crippen LogP contribution in [0, 0.1) is 0 Å². The number of anilines is 1. The van der Waals surface area contributed by atoms with Crippen LogP contribution in [0.25, 0.3) is 0 Å². The molecule has 21 heavy (non-hydrogen) atoms. The third-order valence-electron chi connectivity index (χ3n) is 3.07. The number of para-hydroxylation sites is 1. The Morgan fingerprint density at radius 2 is 1.62 bits per heavy atom. The zero-order valence-electron chi connectivity index (χ0n) is 12.2. The SMILES string of the molecule is CCCOc1ccc(S(=O)(=O)N(C)c2ccccc2)cc1. The maximum Gasteiger partial charge on any atom is 0.264 e. The number of rotatable bonds is 6. The van der Waals surface area contributed by atoms with Gasteiger partial charge >= 0.3 is 0 Å². The van der Waals surface area contributed by atoms with Gasteiger partial charge in [0, 0.05) is 7.05 Å². The van der Waals surface area contributed by atoms with Crippen LogP contribution in [-0.4, -0.2) is 22.1 Å². The van der Waals surface area contributed by atoms with Gasteiger partial charge in [-0.25, -0.2) is 8.42 Å². The first-order valence-corrected chi connectivity index (χ1v) is 8.26. The average molecular weight is 305 g/mol. The number of hydrogen-bond acceptors (Lipinski definition) is 3. The van der Waals surface area contributed by atoms with E-state index >= 15 is 0 Å². The highest BCUT2D eigenvalue weighted by atomic mass is 32.2. The van der Waals surface area contributed by atoms with Crippen LogP contribution in [0.5, 0.6) is 5.75 Å². The van der Waals surface area contributed by atoms with Crippen molar-refractivity contribution in [2.75, 3.05) is 18.0 Å². The van der Waals surface area contributed by atoms with Gasteiger partial charge in [0.15, 0.2) is 0 Å². The highest BCUT2D eigenvalue weighted by Crippen LogP contribution is 2.23. The summed E-state index contributed by atoms with van der Waals surface area (Å²) in [6, 6.07) is 15.5. The van der Waals surface area contributed by atoms with Crippen LogP contribution in [-0.2, 0) is 10.0 Å². The predicted molar refractivity (Wildman–Crippen MR) is 84.3 cm³/mol. The highest BCUT2D eigenvalue weighted by Gasteiger charge is 2.20. The molecule has 0 atom stereocenters. The Hall–Kier alpha value is -2.01. The van der Waals surface area contributed by atoms with Crippen molar-refractivity contribution in [1.29, 1.82) is 0 Å². The highest BCUT2D eigenvalue weighted by molar-refractivity contribution is 7.92. The quantitative estimate of drug-likeness (QED) is 0.822. The van der Waals surface area contributed by atoms with Crippen molar-refractivity contribution in [2.45, 2.75) is 18.2 Å². The Bertz CT molecular complexity index is 666. The molecular formula is C16H19NO3S. The lowest BCUT2D eigenvalue weighted by Crippen LogP contribution is -2.26. The molecule has 0 aliphatic carbocycles. The zero-order valence-corrected chi connectivity index (χ0v) is 13.0. The molecule has 112 valence electrons. The van der Waals surface area contributed by atoms with Gasteiger partial charge in [-0.3, -0.25) is 4.31 Å². The van der Waals surface area contributed by atoms with Gasteiger partial charge in [0.2, 0.25) is 0 Å². The number of benzene rings is 2. The first-order chi connectivity index (χ1) is 10.1. The van der Waals surface area contributed by atoms with Gasteiger partial charge in [0.05, 0.1) is 17.2 Å². The predicted octanol–water partition coefficient (Wildman–Crippen LogP) is 3.30. The van der Waals surface area contributed by atoms with Crippen LogP contribution in [0.3, 0.4) is 0 Å². The van der Waals surface area contributed by atoms with E-state index in [1.807, 2.05) is 25.1 Å². The van der Waals surface area contributed by atoms with Crippen molar-refractivity contribution < 1.29 is 13.2 Å². The zero-order chi connectivity index (χ0) is 15.3. The summed E-state index contributed by atoms with van der Waals surface area (Å²) in [6.45, 7) is 2.64. The Morgan fingerprint density at radius 3 is 2.19 bits per heavy atom. The molecule has 2 rings (SSSR count). The fraction of sp³-hybridized carbons (Fsp3) is 0.250. The molecule has 4 nitrogen and oxygen atoms in total. The van der Waals surface area contributed by atoms with Crippen LogP contribution < -0.4 is 9.04 Å². The van der Waals surface area contributed by atoms with Crippen molar-refractivity contribution >= 4 is 15.7 Å². The lowest BCUT2D eigenvalue weighted by Gasteiger charge is -2.19. The average Bonchev–Trinajstić information content (AvgIpc) is 2.53. The van der Waals surface area contributed by atoms with E-state index in [9.17, 15) is 8.42 Å². The van der Waals surface area contributed by atoms with Gasteiger partial charge in [-0.05, 0) is 42.8 Å². The summed E-state index contributed by atoms with van der Waals surface area (Å²) in [4.78, 5) is 0.248. The number of hydrogen-bond donors (Lipinski definition) is 0. The van der Waals surface area contributed by atoms with Gasteiger partial charge in [-0.2, -0.15) is 0 Å². The molecule has 0 unspecified atom stereocenters. The largest absolute Gasteiger partial charge is 0.494 e. The first kappa shape index (κ1) is 15.4. The van der Waals surface area contributed by atoms with Gasteiger partial charge in [0.25, 0.3) is 10.0 Å². The van der Waals surface area contributed by atoms with E-state index in [-0.39, 0.29) is 4.90 Å². The van der Waals surface area contributed by atoms with E-state index < -0.39 is 10.0 Å². The van der Waals surface area contributed by atoms with Crippen LogP contribution in [0.1, 0.15) is 13.3 Å². The Balaban J connectivity index is 2.23. The maximum atomic E-state index is 12.5. The van der Waals surface area contributed by atoms with Crippen LogP contribution in [0.2, 0.25) is 0 Å². The van der Waals surface area contributed by atoms with E-state index in [1.165, 1.54) is 4.31 Å². The second kappa shape index (κ2) is 6.63. The molecule has 0 aliphatic heterocycles. The fourth-order valence-corrected chi connectivity index (χ4v) is 3.06. The minimum atomic E-state index is -3.55. The van der Waals surface area contributed by atoms with Crippen molar-refractivity contribution in [3.05, 3.63) is 54.6 Å². The molecule has 2 aromatic carbocycles. The topological polar surface area (TPSA) is 46.6 Å². The van der Waals surface area contributed by atoms with Crippen LogP contribution >= 0.6 is 0 Å². The Morgan fingerprint density at radius 1 is 1.00 bits per heavy atom. The monoisotopic (exact) mass is 305 g/mol. The standard InChI is InChI=1S/C16H19NO3S/c1-3-13-20-15-9-11-16(12-10-15)21(18,19)17(2)14-7-5-4-6-8-14/h4-12H,3,13H2,1-2H3. The lowest BCUT2D eigenvalue weighted by atomic mass is 10.3. The van der Waals surface area contributed by atoms with Crippen molar-refractivity contribution in [1.82, 2.24) is 0 Å². The molecule has 2 aromatic rings. The minimum Gasteiger partial charge on any atom is -0.494 e. The van der Waals surface area contributed by atoms with Crippen LogP contribution in [0.4, 0.5) is 5.69 Å². The summed E-state index contributed by atoms with van der Waals surface area (Å²) < 4.78 is 31.8. The number of sulfonamides is 1. The molecule has 0 heterocycles. The summed E-state index contributed by atoms with van der Waals surface area (Å²) in [5.74, 6) is 0.679. The van der Waals surface area contributed by atoms with E-state index in [2.05, 4.69) is 0 Å². The second-order valence-corrected chi connectivity index (χ2v) is 6.60. The molecule has 0 aromatic heterocycles. The third-order valence-corrected chi connectivity index (χ3v) is 4.87. The Kier molecular flexibility index (Phi) is 4.85. The van der Waals surface area contributed by atoms with Crippen LogP contribution in [0.15, 0.2) is 59.5 Å². The maximum absolute atomic E-state index is 12.5. The van der Waals surface area contributed by atoms with Crippen molar-refractivity contribution in [3.8, 4) is 5.75 Å². The molecule has 0 spiro atoms. The fourth-order valence-electron chi connectivity index (χ4n) is 1.86. The van der Waals surface area contributed by atoms with Gasteiger partial charge in [-0.1, -0.05) is 25.1 Å². The third kappa shape index (κ3) is 3.55. The van der Waals surface area contributed by atoms with Gasteiger partial charge in [0.1, 0.15) is 5.75 Å². The van der Waals surface area contributed by atoms with E-state index in [0.717, 1.165) is 6.42 Å². The van der Waals surface area contributed by atoms with Gasteiger partial charge in [-0.15, -0.1) is 0 Å². The summed E-state index contributed by atoms with van der Waals surface area (Å²) in [5, 5.41) is 0. The summed E-state index contributed by atoms with van der Waals surface area (Å²) in [7, 11) is -2.00. The van der Waals surface area contributed by atoms with E-state index in [1.54, 1.807) is 43.4 Å². The summed E-state index contributed by atoms with van der Waals surface area (Å²) in [6.07, 6.45) is 0.913. The number of ether oxygens (including phenoxy) is 1. The molecule has 0 fully saturated rings. The molecule has 0 saturated carbocycles. The molecule has 0 amide bonds. The molecular weight excluding hydrogens is 286 g/mol. The number of nitrogens with zero attached hydrogens (tertiary/aromatic N) is 1. The smallest absolute Gasteiger partial charge is 0.264 e. The molecule has 0 radical (unpaired) electrons. The molecule has 0 saturated heterocycles. The second-order valence-electron chi connectivity index (χ2n) is 4.63. The van der Waals surface area contributed by atoms with Crippen molar-refractivity contribution in [3.63, 3.8) is 0 Å². The van der Waals surface area contributed by atoms with E-state index in [4.69, 9.17) is 4.74 Å². The molecule has 0 aliphatic rings. The first-order valence-electron chi connectivity index (χ1n) is 6.82. The molecule has 0 bridgehead atoms. The molecule has 5 heteroatoms. The van der Waals surface area contributed by atoms with Gasteiger partial charge < -0.3 is 4.74 Å².